The molecule has 0 saturated heterocycles. The van der Waals surface area contributed by atoms with E-state index in [0.717, 1.165) is 18.6 Å². The highest BCUT2D eigenvalue weighted by atomic mass is 16.5. The van der Waals surface area contributed by atoms with Crippen molar-refractivity contribution in [1.29, 1.82) is 0 Å². The molecule has 1 amide bonds. The van der Waals surface area contributed by atoms with E-state index in [1.54, 1.807) is 6.07 Å². The summed E-state index contributed by atoms with van der Waals surface area (Å²) in [6.45, 7) is 9.15. The van der Waals surface area contributed by atoms with Crippen molar-refractivity contribution in [2.45, 2.75) is 40.5 Å². The number of hydrogen-bond acceptors (Lipinski definition) is 3. The van der Waals surface area contributed by atoms with Gasteiger partial charge in [-0.25, -0.2) is 0 Å². The molecule has 96 valence electrons. The van der Waals surface area contributed by atoms with Crippen molar-refractivity contribution in [3.63, 3.8) is 0 Å². The maximum Gasteiger partial charge on any atom is 0.273 e. The Morgan fingerprint density at radius 2 is 2.18 bits per heavy atom. The molecule has 1 N–H and O–H groups in total. The summed E-state index contributed by atoms with van der Waals surface area (Å²) in [5.41, 5.74) is 0.375. The van der Waals surface area contributed by atoms with Gasteiger partial charge in [-0.1, -0.05) is 39.3 Å². The molecular formula is C13H22N2O2. The second kappa shape index (κ2) is 6.42. The van der Waals surface area contributed by atoms with Crippen molar-refractivity contribution >= 4 is 5.91 Å². The molecule has 1 aromatic rings. The minimum Gasteiger partial charge on any atom is -0.361 e. The fraction of sp³-hybridized carbons (Fsp3) is 0.692. The fourth-order valence-corrected chi connectivity index (χ4v) is 1.75. The molecule has 1 heterocycles. The normalized spacial score (nSPS) is 12.8. The summed E-state index contributed by atoms with van der Waals surface area (Å²) >= 11 is 0. The van der Waals surface area contributed by atoms with Gasteiger partial charge in [0.1, 0.15) is 5.76 Å². The molecule has 0 bridgehead atoms. The molecule has 1 unspecified atom stereocenters. The molecule has 0 saturated carbocycles. The lowest BCUT2D eigenvalue weighted by Gasteiger charge is -2.18. The number of rotatable bonds is 6. The fourth-order valence-electron chi connectivity index (χ4n) is 1.75. The van der Waals surface area contributed by atoms with Gasteiger partial charge in [-0.05, 0) is 11.8 Å². The van der Waals surface area contributed by atoms with Crippen molar-refractivity contribution in [3.8, 4) is 0 Å². The lowest BCUT2D eigenvalue weighted by Crippen LogP contribution is -2.31. The summed E-state index contributed by atoms with van der Waals surface area (Å²) in [7, 11) is 0. The molecule has 0 aliphatic rings. The maximum absolute atomic E-state index is 11.8. The lowest BCUT2D eigenvalue weighted by molar-refractivity contribution is 0.0933. The first kappa shape index (κ1) is 13.7. The minimum atomic E-state index is -0.146. The Labute approximate surface area is 103 Å². The number of nitrogens with one attached hydrogen (secondary N) is 1. The van der Waals surface area contributed by atoms with Gasteiger partial charge in [-0.3, -0.25) is 4.79 Å². The van der Waals surface area contributed by atoms with Gasteiger partial charge in [0, 0.05) is 19.0 Å². The van der Waals surface area contributed by atoms with Crippen LogP contribution in [0.2, 0.25) is 0 Å². The van der Waals surface area contributed by atoms with Gasteiger partial charge < -0.3 is 9.84 Å². The van der Waals surface area contributed by atoms with E-state index in [1.807, 2.05) is 6.92 Å². The van der Waals surface area contributed by atoms with Crippen LogP contribution in [0.1, 0.15) is 50.4 Å². The molecule has 0 radical (unpaired) electrons. The van der Waals surface area contributed by atoms with E-state index < -0.39 is 0 Å². The van der Waals surface area contributed by atoms with E-state index in [-0.39, 0.29) is 5.91 Å². The summed E-state index contributed by atoms with van der Waals surface area (Å²) in [6.07, 6.45) is 1.82. The molecule has 1 atom stereocenters. The smallest absolute Gasteiger partial charge is 0.273 e. The van der Waals surface area contributed by atoms with Crippen molar-refractivity contribution in [3.05, 3.63) is 17.5 Å². The van der Waals surface area contributed by atoms with E-state index >= 15 is 0 Å². The van der Waals surface area contributed by atoms with Crippen LogP contribution in [0.3, 0.4) is 0 Å². The van der Waals surface area contributed by atoms with Gasteiger partial charge in [-0.2, -0.15) is 0 Å². The highest BCUT2D eigenvalue weighted by molar-refractivity contribution is 5.92. The monoisotopic (exact) mass is 238 g/mol. The van der Waals surface area contributed by atoms with E-state index in [4.69, 9.17) is 4.52 Å². The quantitative estimate of drug-likeness (QED) is 0.829. The molecule has 0 aliphatic carbocycles. The topological polar surface area (TPSA) is 55.1 Å². The molecule has 0 aliphatic heterocycles. The molecule has 4 heteroatoms. The van der Waals surface area contributed by atoms with Gasteiger partial charge in [0.25, 0.3) is 5.91 Å². The number of hydrogen-bond donors (Lipinski definition) is 1. The van der Waals surface area contributed by atoms with Crippen molar-refractivity contribution in [2.75, 3.05) is 6.54 Å². The highest BCUT2D eigenvalue weighted by Gasteiger charge is 2.15. The SMILES string of the molecule is CCc1cc(C(=O)NCC(CC)C(C)C)no1. The van der Waals surface area contributed by atoms with Crippen LogP contribution in [0.5, 0.6) is 0 Å². The number of nitrogens with zero attached hydrogens (tertiary/aromatic N) is 1. The zero-order valence-electron chi connectivity index (χ0n) is 11.1. The molecule has 0 aromatic carbocycles. The van der Waals surface area contributed by atoms with Crippen molar-refractivity contribution in [1.82, 2.24) is 10.5 Å². The van der Waals surface area contributed by atoms with Gasteiger partial charge in [0.2, 0.25) is 0 Å². The standard InChI is InChI=1S/C13H22N2O2/c1-5-10(9(3)4)8-14-13(16)12-7-11(6-2)17-15-12/h7,9-10H,5-6,8H2,1-4H3,(H,14,16). The Hall–Kier alpha value is -1.32. The van der Waals surface area contributed by atoms with Gasteiger partial charge in [0.05, 0.1) is 0 Å². The van der Waals surface area contributed by atoms with Gasteiger partial charge in [0.15, 0.2) is 5.69 Å². The molecule has 17 heavy (non-hydrogen) atoms. The van der Waals surface area contributed by atoms with E-state index in [2.05, 4.69) is 31.2 Å². The summed E-state index contributed by atoms with van der Waals surface area (Å²) in [4.78, 5) is 11.8. The Morgan fingerprint density at radius 1 is 1.47 bits per heavy atom. The van der Waals surface area contributed by atoms with E-state index in [0.29, 0.717) is 24.1 Å². The predicted octanol–water partition coefficient (Wildman–Crippen LogP) is 2.65. The Kier molecular flexibility index (Phi) is 5.19. The first-order valence-electron chi connectivity index (χ1n) is 6.32. The van der Waals surface area contributed by atoms with Crippen LogP contribution < -0.4 is 5.32 Å². The number of aryl methyl sites for hydroxylation is 1. The molecule has 0 fully saturated rings. The average molecular weight is 238 g/mol. The largest absolute Gasteiger partial charge is 0.361 e. The van der Waals surface area contributed by atoms with Crippen LogP contribution >= 0.6 is 0 Å². The average Bonchev–Trinajstić information content (AvgIpc) is 2.77. The second-order valence-corrected chi connectivity index (χ2v) is 4.65. The highest BCUT2D eigenvalue weighted by Crippen LogP contribution is 2.13. The maximum atomic E-state index is 11.8. The zero-order chi connectivity index (χ0) is 12.8. The van der Waals surface area contributed by atoms with Crippen LogP contribution in [0.15, 0.2) is 10.6 Å². The third-order valence-corrected chi connectivity index (χ3v) is 3.13. The number of carbonyl (C=O) groups excluding carboxylic acids is 1. The third kappa shape index (κ3) is 3.88. The Bertz CT molecular complexity index is 358. The van der Waals surface area contributed by atoms with E-state index in [9.17, 15) is 4.79 Å². The molecule has 4 nitrogen and oxygen atoms in total. The summed E-state index contributed by atoms with van der Waals surface area (Å²) in [5, 5.41) is 6.66. The van der Waals surface area contributed by atoms with Crippen LogP contribution in [0.25, 0.3) is 0 Å². The second-order valence-electron chi connectivity index (χ2n) is 4.65. The number of amides is 1. The first-order valence-corrected chi connectivity index (χ1v) is 6.32. The Morgan fingerprint density at radius 3 is 2.65 bits per heavy atom. The summed E-state index contributed by atoms with van der Waals surface area (Å²) in [6, 6.07) is 1.70. The molecule has 1 rings (SSSR count). The number of carbonyl (C=O) groups is 1. The number of aromatic nitrogens is 1. The van der Waals surface area contributed by atoms with Crippen LogP contribution in [-0.2, 0) is 6.42 Å². The minimum absolute atomic E-state index is 0.146. The van der Waals surface area contributed by atoms with E-state index in [1.165, 1.54) is 0 Å². The van der Waals surface area contributed by atoms with Crippen LogP contribution in [0, 0.1) is 11.8 Å². The molecule has 0 spiro atoms. The van der Waals surface area contributed by atoms with Gasteiger partial charge >= 0.3 is 0 Å². The lowest BCUT2D eigenvalue weighted by atomic mass is 9.93. The third-order valence-electron chi connectivity index (χ3n) is 3.13. The Balaban J connectivity index is 2.49. The van der Waals surface area contributed by atoms with Crippen molar-refractivity contribution in [2.24, 2.45) is 11.8 Å². The zero-order valence-corrected chi connectivity index (χ0v) is 11.1. The van der Waals surface area contributed by atoms with Crippen LogP contribution in [0.4, 0.5) is 0 Å². The first-order chi connectivity index (χ1) is 8.08. The summed E-state index contributed by atoms with van der Waals surface area (Å²) < 4.78 is 5.00. The molecule has 1 aromatic heterocycles. The molecular weight excluding hydrogens is 216 g/mol. The summed E-state index contributed by atoms with van der Waals surface area (Å²) in [5.74, 6) is 1.68. The van der Waals surface area contributed by atoms with Crippen LogP contribution in [-0.4, -0.2) is 17.6 Å². The predicted molar refractivity (Wildman–Crippen MR) is 66.8 cm³/mol. The van der Waals surface area contributed by atoms with Crippen molar-refractivity contribution < 1.29 is 9.32 Å². The van der Waals surface area contributed by atoms with Gasteiger partial charge in [-0.15, -0.1) is 0 Å².